The number of benzene rings is 1. The number of likely N-dealkylation sites (N-methyl/N-ethyl adjacent to an activating group) is 2. The lowest BCUT2D eigenvalue weighted by atomic mass is 10.2. The van der Waals surface area contributed by atoms with Gasteiger partial charge in [0.05, 0.1) is 6.54 Å². The van der Waals surface area contributed by atoms with Crippen LogP contribution in [0.3, 0.4) is 0 Å². The third kappa shape index (κ3) is 4.74. The first-order chi connectivity index (χ1) is 9.31. The number of carbonyl (C=O) groups excluding carboxylic acids is 2. The molecule has 0 heterocycles. The maximum atomic E-state index is 11.9. The maximum Gasteiger partial charge on any atom is 0.260 e. The minimum absolute atomic E-state index is 0.0365. The summed E-state index contributed by atoms with van der Waals surface area (Å²) < 4.78 is 5.44. The first-order valence-electron chi connectivity index (χ1n) is 6.14. The van der Waals surface area contributed by atoms with Gasteiger partial charge in [-0.15, -0.1) is 0 Å². The summed E-state index contributed by atoms with van der Waals surface area (Å²) in [5, 5.41) is 0.620. The molecule has 0 radical (unpaired) electrons. The van der Waals surface area contributed by atoms with Gasteiger partial charge in [-0.2, -0.15) is 0 Å². The predicted octanol–water partition coefficient (Wildman–Crippen LogP) is 1.57. The molecule has 0 spiro atoms. The summed E-state index contributed by atoms with van der Waals surface area (Å²) in [7, 11) is 4.87. The third-order valence-electron chi connectivity index (χ3n) is 2.79. The van der Waals surface area contributed by atoms with Crippen LogP contribution in [-0.2, 0) is 9.59 Å². The highest BCUT2D eigenvalue weighted by Gasteiger charge is 2.15. The van der Waals surface area contributed by atoms with Crippen LogP contribution in [0.15, 0.2) is 18.2 Å². The number of hydrogen-bond acceptors (Lipinski definition) is 3. The van der Waals surface area contributed by atoms with E-state index in [2.05, 4.69) is 0 Å². The average molecular weight is 299 g/mol. The molecular weight excluding hydrogens is 280 g/mol. The van der Waals surface area contributed by atoms with Crippen molar-refractivity contribution in [3.8, 4) is 5.75 Å². The number of rotatable bonds is 5. The van der Waals surface area contributed by atoms with Crippen LogP contribution in [0.5, 0.6) is 5.75 Å². The standard InChI is InChI=1S/C14H19ClN2O3/c1-10-7-11(15)5-6-12(10)20-9-14(19)17(4)8-13(18)16(2)3/h5-7H,8-9H2,1-4H3. The Labute approximate surface area is 124 Å². The lowest BCUT2D eigenvalue weighted by molar-refractivity contribution is -0.139. The first kappa shape index (κ1) is 16.3. The molecule has 0 aliphatic carbocycles. The number of carbonyl (C=O) groups is 2. The molecular formula is C14H19ClN2O3. The van der Waals surface area contributed by atoms with E-state index in [9.17, 15) is 9.59 Å². The number of nitrogens with zero attached hydrogens (tertiary/aromatic N) is 2. The van der Waals surface area contributed by atoms with Crippen LogP contribution in [0, 0.1) is 6.92 Å². The molecule has 0 fully saturated rings. The van der Waals surface area contributed by atoms with Gasteiger partial charge >= 0.3 is 0 Å². The lowest BCUT2D eigenvalue weighted by Crippen LogP contribution is -2.39. The van der Waals surface area contributed by atoms with Crippen molar-refractivity contribution in [1.82, 2.24) is 9.80 Å². The van der Waals surface area contributed by atoms with Gasteiger partial charge in [0, 0.05) is 26.2 Å². The fourth-order valence-corrected chi connectivity index (χ4v) is 1.68. The molecule has 0 saturated carbocycles. The molecule has 20 heavy (non-hydrogen) atoms. The van der Waals surface area contributed by atoms with Gasteiger partial charge in [0.25, 0.3) is 5.91 Å². The van der Waals surface area contributed by atoms with Crippen molar-refractivity contribution in [3.05, 3.63) is 28.8 Å². The Hall–Kier alpha value is -1.75. The minimum Gasteiger partial charge on any atom is -0.483 e. The van der Waals surface area contributed by atoms with Crippen LogP contribution in [0.25, 0.3) is 0 Å². The largest absolute Gasteiger partial charge is 0.483 e. The van der Waals surface area contributed by atoms with E-state index in [1.807, 2.05) is 6.92 Å². The van der Waals surface area contributed by atoms with Crippen molar-refractivity contribution in [3.63, 3.8) is 0 Å². The van der Waals surface area contributed by atoms with Crippen molar-refractivity contribution >= 4 is 23.4 Å². The molecule has 1 aromatic carbocycles. The van der Waals surface area contributed by atoms with Crippen LogP contribution in [0.4, 0.5) is 0 Å². The second-order valence-corrected chi connectivity index (χ2v) is 5.17. The Bertz CT molecular complexity index is 503. The third-order valence-corrected chi connectivity index (χ3v) is 3.02. The summed E-state index contributed by atoms with van der Waals surface area (Å²) in [4.78, 5) is 26.1. The monoisotopic (exact) mass is 298 g/mol. The molecule has 6 heteroatoms. The van der Waals surface area contributed by atoms with Crippen molar-refractivity contribution in [2.24, 2.45) is 0 Å². The Balaban J connectivity index is 2.52. The first-order valence-corrected chi connectivity index (χ1v) is 6.52. The van der Waals surface area contributed by atoms with Crippen molar-refractivity contribution in [1.29, 1.82) is 0 Å². The van der Waals surface area contributed by atoms with Crippen molar-refractivity contribution < 1.29 is 14.3 Å². The van der Waals surface area contributed by atoms with Crippen LogP contribution >= 0.6 is 11.6 Å². The van der Waals surface area contributed by atoms with E-state index in [1.54, 1.807) is 39.3 Å². The molecule has 0 N–H and O–H groups in total. The molecule has 5 nitrogen and oxygen atoms in total. The number of amides is 2. The van der Waals surface area contributed by atoms with Gasteiger partial charge in [-0.25, -0.2) is 0 Å². The molecule has 2 amide bonds. The van der Waals surface area contributed by atoms with Gasteiger partial charge in [0.1, 0.15) is 5.75 Å². The van der Waals surface area contributed by atoms with Crippen LogP contribution < -0.4 is 4.74 Å². The molecule has 1 rings (SSSR count). The minimum atomic E-state index is -0.255. The normalized spacial score (nSPS) is 10.1. The Morgan fingerprint density at radius 3 is 2.40 bits per heavy atom. The van der Waals surface area contributed by atoms with Gasteiger partial charge in [-0.05, 0) is 30.7 Å². The van der Waals surface area contributed by atoms with E-state index in [0.29, 0.717) is 10.8 Å². The molecule has 0 aromatic heterocycles. The molecule has 0 bridgehead atoms. The predicted molar refractivity (Wildman–Crippen MR) is 78.0 cm³/mol. The summed E-state index contributed by atoms with van der Waals surface area (Å²) in [6.45, 7) is 1.78. The molecule has 1 aromatic rings. The van der Waals surface area contributed by atoms with E-state index in [0.717, 1.165) is 5.56 Å². The van der Waals surface area contributed by atoms with E-state index in [1.165, 1.54) is 9.80 Å². The molecule has 110 valence electrons. The number of halogens is 1. The Morgan fingerprint density at radius 2 is 1.85 bits per heavy atom. The molecule has 0 aliphatic rings. The highest BCUT2D eigenvalue weighted by atomic mass is 35.5. The summed E-state index contributed by atoms with van der Waals surface area (Å²) in [6.07, 6.45) is 0. The van der Waals surface area contributed by atoms with E-state index < -0.39 is 0 Å². The van der Waals surface area contributed by atoms with Gasteiger partial charge in [-0.3, -0.25) is 9.59 Å². The fourth-order valence-electron chi connectivity index (χ4n) is 1.46. The molecule has 0 unspecified atom stereocenters. The van der Waals surface area contributed by atoms with Gasteiger partial charge in [0.15, 0.2) is 6.61 Å². The second-order valence-electron chi connectivity index (χ2n) is 4.74. The Morgan fingerprint density at radius 1 is 1.20 bits per heavy atom. The zero-order valence-electron chi connectivity index (χ0n) is 12.1. The van der Waals surface area contributed by atoms with Gasteiger partial charge < -0.3 is 14.5 Å². The number of ether oxygens (including phenoxy) is 1. The van der Waals surface area contributed by atoms with Crippen LogP contribution in [0.1, 0.15) is 5.56 Å². The van der Waals surface area contributed by atoms with E-state index >= 15 is 0 Å². The summed E-state index contributed by atoms with van der Waals surface area (Å²) in [5.74, 6) is 0.216. The summed E-state index contributed by atoms with van der Waals surface area (Å²) in [6, 6.07) is 5.18. The number of aryl methyl sites for hydroxylation is 1. The molecule has 0 atom stereocenters. The zero-order valence-corrected chi connectivity index (χ0v) is 12.9. The highest BCUT2D eigenvalue weighted by Crippen LogP contribution is 2.21. The van der Waals surface area contributed by atoms with E-state index in [-0.39, 0.29) is 25.0 Å². The summed E-state index contributed by atoms with van der Waals surface area (Å²) >= 11 is 5.84. The topological polar surface area (TPSA) is 49.9 Å². The van der Waals surface area contributed by atoms with E-state index in [4.69, 9.17) is 16.3 Å². The van der Waals surface area contributed by atoms with Crippen LogP contribution in [-0.4, -0.2) is 55.9 Å². The quantitative estimate of drug-likeness (QED) is 0.829. The van der Waals surface area contributed by atoms with Gasteiger partial charge in [0.2, 0.25) is 5.91 Å². The maximum absolute atomic E-state index is 11.9. The van der Waals surface area contributed by atoms with Crippen LogP contribution in [0.2, 0.25) is 5.02 Å². The lowest BCUT2D eigenvalue weighted by Gasteiger charge is -2.19. The zero-order chi connectivity index (χ0) is 15.3. The Kier molecular flexibility index (Phi) is 5.82. The SMILES string of the molecule is Cc1cc(Cl)ccc1OCC(=O)N(C)CC(=O)N(C)C. The molecule has 0 saturated heterocycles. The second kappa shape index (κ2) is 7.14. The number of hydrogen-bond donors (Lipinski definition) is 0. The van der Waals surface area contributed by atoms with Crippen molar-refractivity contribution in [2.75, 3.05) is 34.3 Å². The van der Waals surface area contributed by atoms with Crippen molar-refractivity contribution in [2.45, 2.75) is 6.92 Å². The smallest absolute Gasteiger partial charge is 0.260 e. The molecule has 0 aliphatic heterocycles. The van der Waals surface area contributed by atoms with Gasteiger partial charge in [-0.1, -0.05) is 11.6 Å². The highest BCUT2D eigenvalue weighted by molar-refractivity contribution is 6.30. The summed E-state index contributed by atoms with van der Waals surface area (Å²) in [5.41, 5.74) is 0.859. The average Bonchev–Trinajstić information content (AvgIpc) is 2.37. The fraction of sp³-hybridized carbons (Fsp3) is 0.429.